The number of methoxy groups -OCH3 is 2. The fourth-order valence-corrected chi connectivity index (χ4v) is 4.45. The van der Waals surface area contributed by atoms with Gasteiger partial charge in [0.1, 0.15) is 23.9 Å². The Labute approximate surface area is 209 Å². The Kier molecular flexibility index (Phi) is 9.03. The molecule has 0 spiro atoms. The van der Waals surface area contributed by atoms with Gasteiger partial charge in [0.25, 0.3) is 5.91 Å². The van der Waals surface area contributed by atoms with E-state index in [1.54, 1.807) is 52.6 Å². The van der Waals surface area contributed by atoms with E-state index in [0.717, 1.165) is 16.0 Å². The van der Waals surface area contributed by atoms with Crippen LogP contribution in [0.2, 0.25) is 0 Å². The minimum Gasteiger partial charge on any atom is -0.497 e. The lowest BCUT2D eigenvalue weighted by atomic mass is 10.1. The SMILES string of the molecule is C=CCN(CC(=O)N(Cc1ccc(F)cc1)Cc1sccc1C)C(=O)c1cc(OC)cc(OC)c1. The number of halogens is 1. The lowest BCUT2D eigenvalue weighted by molar-refractivity contribution is -0.133. The highest BCUT2D eigenvalue weighted by Crippen LogP contribution is 2.24. The predicted octanol–water partition coefficient (Wildman–Crippen LogP) is 5.07. The van der Waals surface area contributed by atoms with Gasteiger partial charge in [-0.1, -0.05) is 18.2 Å². The highest BCUT2D eigenvalue weighted by atomic mass is 32.1. The Hall–Kier alpha value is -3.65. The van der Waals surface area contributed by atoms with Crippen molar-refractivity contribution in [3.8, 4) is 11.5 Å². The molecular formula is C27H29FN2O4S. The number of benzene rings is 2. The second kappa shape index (κ2) is 12.2. The van der Waals surface area contributed by atoms with Crippen molar-refractivity contribution in [2.24, 2.45) is 0 Å². The smallest absolute Gasteiger partial charge is 0.254 e. The minimum absolute atomic E-state index is 0.143. The van der Waals surface area contributed by atoms with Gasteiger partial charge in [0.2, 0.25) is 5.91 Å². The van der Waals surface area contributed by atoms with Gasteiger partial charge in [0.05, 0.1) is 20.8 Å². The lowest BCUT2D eigenvalue weighted by Crippen LogP contribution is -2.42. The zero-order valence-corrected chi connectivity index (χ0v) is 20.9. The molecule has 0 unspecified atom stereocenters. The van der Waals surface area contributed by atoms with Crippen LogP contribution in [-0.4, -0.2) is 48.9 Å². The summed E-state index contributed by atoms with van der Waals surface area (Å²) in [5.74, 6) is 0.0428. The molecule has 0 aliphatic heterocycles. The van der Waals surface area contributed by atoms with E-state index in [4.69, 9.17) is 9.47 Å². The summed E-state index contributed by atoms with van der Waals surface area (Å²) in [6.07, 6.45) is 1.58. The van der Waals surface area contributed by atoms with E-state index in [0.29, 0.717) is 30.2 Å². The summed E-state index contributed by atoms with van der Waals surface area (Å²) in [4.78, 5) is 31.0. The van der Waals surface area contributed by atoms with Gasteiger partial charge in [-0.25, -0.2) is 4.39 Å². The Morgan fingerprint density at radius 2 is 1.66 bits per heavy atom. The fraction of sp³-hybridized carbons (Fsp3) is 0.259. The zero-order chi connectivity index (χ0) is 25.4. The van der Waals surface area contributed by atoms with Gasteiger partial charge < -0.3 is 19.3 Å². The van der Waals surface area contributed by atoms with E-state index >= 15 is 0 Å². The van der Waals surface area contributed by atoms with Crippen LogP contribution >= 0.6 is 11.3 Å². The summed E-state index contributed by atoms with van der Waals surface area (Å²) in [5, 5.41) is 1.98. The van der Waals surface area contributed by atoms with Crippen molar-refractivity contribution >= 4 is 23.2 Å². The molecule has 35 heavy (non-hydrogen) atoms. The van der Waals surface area contributed by atoms with Crippen molar-refractivity contribution in [3.05, 3.63) is 94.0 Å². The molecule has 3 rings (SSSR count). The zero-order valence-electron chi connectivity index (χ0n) is 20.1. The highest BCUT2D eigenvalue weighted by molar-refractivity contribution is 7.10. The maximum Gasteiger partial charge on any atom is 0.254 e. The molecule has 0 aliphatic rings. The summed E-state index contributed by atoms with van der Waals surface area (Å²) in [7, 11) is 3.02. The number of nitrogens with zero attached hydrogens (tertiary/aromatic N) is 2. The first-order valence-electron chi connectivity index (χ1n) is 11.0. The molecule has 184 valence electrons. The van der Waals surface area contributed by atoms with Crippen LogP contribution in [0, 0.1) is 12.7 Å². The van der Waals surface area contributed by atoms with Crippen LogP contribution in [0.3, 0.4) is 0 Å². The number of amides is 2. The van der Waals surface area contributed by atoms with E-state index in [9.17, 15) is 14.0 Å². The number of carbonyl (C=O) groups is 2. The molecule has 1 heterocycles. The number of ether oxygens (including phenoxy) is 2. The summed E-state index contributed by atoms with van der Waals surface area (Å²) >= 11 is 1.57. The largest absolute Gasteiger partial charge is 0.497 e. The number of hydrogen-bond acceptors (Lipinski definition) is 5. The summed E-state index contributed by atoms with van der Waals surface area (Å²) < 4.78 is 24.0. The molecule has 0 N–H and O–H groups in total. The maximum atomic E-state index is 13.5. The van der Waals surface area contributed by atoms with Crippen molar-refractivity contribution in [1.82, 2.24) is 9.80 Å². The highest BCUT2D eigenvalue weighted by Gasteiger charge is 2.24. The molecule has 2 aromatic carbocycles. The monoisotopic (exact) mass is 496 g/mol. The van der Waals surface area contributed by atoms with Crippen LogP contribution in [0.5, 0.6) is 11.5 Å². The third-order valence-electron chi connectivity index (χ3n) is 5.50. The molecule has 0 saturated carbocycles. The molecule has 0 bridgehead atoms. The van der Waals surface area contributed by atoms with Gasteiger partial charge in [-0.2, -0.15) is 0 Å². The molecule has 8 heteroatoms. The summed E-state index contributed by atoms with van der Waals surface area (Å²) in [6, 6.07) is 13.0. The Morgan fingerprint density at radius 1 is 1.00 bits per heavy atom. The molecule has 6 nitrogen and oxygen atoms in total. The third kappa shape index (κ3) is 6.93. The quantitative estimate of drug-likeness (QED) is 0.348. The van der Waals surface area contributed by atoms with E-state index in [2.05, 4.69) is 6.58 Å². The van der Waals surface area contributed by atoms with Gasteiger partial charge in [0, 0.05) is 29.6 Å². The Balaban J connectivity index is 1.85. The minimum atomic E-state index is -0.343. The number of thiophene rings is 1. The number of carbonyl (C=O) groups excluding carboxylic acids is 2. The van der Waals surface area contributed by atoms with Crippen LogP contribution in [0.25, 0.3) is 0 Å². The molecule has 0 fully saturated rings. The standard InChI is InChI=1S/C27H29FN2O4S/c1-5-11-29(27(32)21-13-23(33-3)15-24(14-21)34-4)18-26(31)30(17-25-19(2)10-12-35-25)16-20-6-8-22(28)9-7-20/h5-10,12-15H,1,11,16-18H2,2-4H3. The number of rotatable bonds is 11. The average Bonchev–Trinajstić information content (AvgIpc) is 3.27. The van der Waals surface area contributed by atoms with Crippen molar-refractivity contribution in [3.63, 3.8) is 0 Å². The van der Waals surface area contributed by atoms with E-state index in [-0.39, 0.29) is 30.7 Å². The van der Waals surface area contributed by atoms with E-state index < -0.39 is 0 Å². The van der Waals surface area contributed by atoms with Crippen LogP contribution in [0.15, 0.2) is 66.6 Å². The van der Waals surface area contributed by atoms with Crippen LogP contribution in [0.4, 0.5) is 4.39 Å². The first-order chi connectivity index (χ1) is 16.8. The van der Waals surface area contributed by atoms with Crippen molar-refractivity contribution in [2.75, 3.05) is 27.3 Å². The number of hydrogen-bond donors (Lipinski definition) is 0. The Bertz CT molecular complexity index is 1150. The van der Waals surface area contributed by atoms with Gasteiger partial charge >= 0.3 is 0 Å². The topological polar surface area (TPSA) is 59.1 Å². The molecule has 3 aromatic rings. The first kappa shape index (κ1) is 26.0. The summed E-state index contributed by atoms with van der Waals surface area (Å²) in [5.41, 5.74) is 2.23. The van der Waals surface area contributed by atoms with Gasteiger partial charge in [-0.05, 0) is 53.8 Å². The molecular weight excluding hydrogens is 467 g/mol. The molecule has 1 aromatic heterocycles. The third-order valence-corrected chi connectivity index (χ3v) is 6.51. The van der Waals surface area contributed by atoms with Crippen molar-refractivity contribution in [1.29, 1.82) is 0 Å². The molecule has 0 saturated heterocycles. The van der Waals surface area contributed by atoms with Gasteiger partial charge in [-0.15, -0.1) is 17.9 Å². The van der Waals surface area contributed by atoms with Crippen LogP contribution in [-0.2, 0) is 17.9 Å². The normalized spacial score (nSPS) is 10.5. The fourth-order valence-electron chi connectivity index (χ4n) is 3.53. The average molecular weight is 497 g/mol. The van der Waals surface area contributed by atoms with Crippen molar-refractivity contribution in [2.45, 2.75) is 20.0 Å². The number of aryl methyl sites for hydroxylation is 1. The van der Waals surface area contributed by atoms with E-state index in [1.807, 2.05) is 18.4 Å². The Morgan fingerprint density at radius 3 is 2.20 bits per heavy atom. The maximum absolute atomic E-state index is 13.5. The predicted molar refractivity (Wildman–Crippen MR) is 135 cm³/mol. The second-order valence-electron chi connectivity index (χ2n) is 7.98. The van der Waals surface area contributed by atoms with Crippen molar-refractivity contribution < 1.29 is 23.5 Å². The van der Waals surface area contributed by atoms with Gasteiger partial charge in [-0.3, -0.25) is 9.59 Å². The summed E-state index contributed by atoms with van der Waals surface area (Å²) in [6.45, 7) is 6.47. The molecule has 2 amide bonds. The first-order valence-corrected chi connectivity index (χ1v) is 11.9. The van der Waals surface area contributed by atoms with Crippen LogP contribution < -0.4 is 9.47 Å². The second-order valence-corrected chi connectivity index (χ2v) is 8.98. The molecule has 0 aliphatic carbocycles. The van der Waals surface area contributed by atoms with Gasteiger partial charge in [0.15, 0.2) is 0 Å². The van der Waals surface area contributed by atoms with E-state index in [1.165, 1.54) is 31.3 Å². The van der Waals surface area contributed by atoms with Crippen LogP contribution in [0.1, 0.15) is 26.4 Å². The molecule has 0 atom stereocenters. The lowest BCUT2D eigenvalue weighted by Gasteiger charge is -2.27. The molecule has 0 radical (unpaired) electrons.